The zero-order valence-corrected chi connectivity index (χ0v) is 17.7. The first-order valence-corrected chi connectivity index (χ1v) is 11.0. The van der Waals surface area contributed by atoms with E-state index < -0.39 is 0 Å². The number of fused-ring (bicyclic) bond motifs is 1. The minimum absolute atomic E-state index is 0.262. The third kappa shape index (κ3) is 3.59. The van der Waals surface area contributed by atoms with Crippen LogP contribution in [0.2, 0.25) is 0 Å². The topological polar surface area (TPSA) is 89.6 Å². The summed E-state index contributed by atoms with van der Waals surface area (Å²) >= 11 is 5.43. The molecule has 3 aromatic heterocycles. The second kappa shape index (κ2) is 7.70. The molecule has 0 amide bonds. The monoisotopic (exact) mass is 464 g/mol. The summed E-state index contributed by atoms with van der Waals surface area (Å²) in [6, 6.07) is 14.2. The van der Waals surface area contributed by atoms with Crippen LogP contribution >= 0.6 is 27.7 Å². The average Bonchev–Trinajstić information content (AvgIpc) is 3.28. The highest BCUT2D eigenvalue weighted by Gasteiger charge is 2.18. The molecule has 144 valence electrons. The Bertz CT molecular complexity index is 1190. The number of anilines is 1. The molecular weight excluding hydrogens is 448 g/mol. The number of thioether (sulfide) groups is 1. The van der Waals surface area contributed by atoms with Gasteiger partial charge in [0.1, 0.15) is 12.1 Å². The van der Waals surface area contributed by atoms with E-state index in [0.717, 1.165) is 50.2 Å². The summed E-state index contributed by atoms with van der Waals surface area (Å²) in [5.74, 6) is 1.53. The van der Waals surface area contributed by atoms with Crippen molar-refractivity contribution >= 4 is 44.5 Å². The van der Waals surface area contributed by atoms with Crippen molar-refractivity contribution in [3.63, 3.8) is 0 Å². The molecule has 1 aliphatic heterocycles. The quantitative estimate of drug-likeness (QED) is 0.463. The summed E-state index contributed by atoms with van der Waals surface area (Å²) in [4.78, 5) is 17.9. The summed E-state index contributed by atoms with van der Waals surface area (Å²) < 4.78 is 0.990. The molecule has 8 heteroatoms. The molecule has 1 saturated heterocycles. The van der Waals surface area contributed by atoms with Crippen LogP contribution in [0.15, 0.2) is 59.5 Å². The summed E-state index contributed by atoms with van der Waals surface area (Å²) in [5.41, 5.74) is 11.5. The molecule has 1 aromatic carbocycles. The van der Waals surface area contributed by atoms with Crippen LogP contribution < -0.4 is 11.1 Å². The molecule has 1 fully saturated rings. The Hall–Kier alpha value is -2.55. The number of aromatic nitrogens is 4. The van der Waals surface area contributed by atoms with Gasteiger partial charge < -0.3 is 5.73 Å². The van der Waals surface area contributed by atoms with Gasteiger partial charge in [-0.05, 0) is 41.5 Å². The average molecular weight is 465 g/mol. The van der Waals surface area contributed by atoms with E-state index >= 15 is 0 Å². The Kier molecular flexibility index (Phi) is 4.91. The second-order valence-corrected chi connectivity index (χ2v) is 8.83. The van der Waals surface area contributed by atoms with Gasteiger partial charge in [-0.3, -0.25) is 10.3 Å². The third-order valence-electron chi connectivity index (χ3n) is 4.84. The number of nitrogen functional groups attached to an aromatic ring is 1. The maximum absolute atomic E-state index is 6.19. The zero-order valence-electron chi connectivity index (χ0n) is 15.3. The number of hydrogen-bond acceptors (Lipinski definition) is 7. The van der Waals surface area contributed by atoms with E-state index in [4.69, 9.17) is 10.7 Å². The van der Waals surface area contributed by atoms with Crippen LogP contribution in [0, 0.1) is 0 Å². The standard InChI is InChI=1S/C21H17BrN6S/c22-14-3-1-2-12(8-14)15-9-17(28-20-18(15)19(23)26-11-27-20)13-4-5-16(25-10-13)21-24-6-7-29-21/h1-5,8-11,21,24H,6-7H2,(H2,23,26,27,28). The lowest BCUT2D eigenvalue weighted by atomic mass is 10.0. The van der Waals surface area contributed by atoms with E-state index in [1.54, 1.807) is 0 Å². The minimum Gasteiger partial charge on any atom is -0.383 e. The lowest BCUT2D eigenvalue weighted by Crippen LogP contribution is -2.13. The number of rotatable bonds is 3. The second-order valence-electron chi connectivity index (χ2n) is 6.70. The number of halogens is 1. The Balaban J connectivity index is 1.65. The van der Waals surface area contributed by atoms with Gasteiger partial charge in [-0.25, -0.2) is 15.0 Å². The van der Waals surface area contributed by atoms with E-state index in [0.29, 0.717) is 11.5 Å². The maximum atomic E-state index is 6.19. The fourth-order valence-corrected chi connectivity index (χ4v) is 4.86. The number of nitrogens with two attached hydrogens (primary N) is 1. The van der Waals surface area contributed by atoms with Crippen LogP contribution in [0.1, 0.15) is 11.1 Å². The molecule has 29 heavy (non-hydrogen) atoms. The van der Waals surface area contributed by atoms with Gasteiger partial charge in [0, 0.05) is 28.5 Å². The number of nitrogens with zero attached hydrogens (tertiary/aromatic N) is 4. The molecule has 1 unspecified atom stereocenters. The van der Waals surface area contributed by atoms with E-state index in [1.807, 2.05) is 42.2 Å². The van der Waals surface area contributed by atoms with Crippen LogP contribution in [0.3, 0.4) is 0 Å². The molecule has 4 aromatic rings. The lowest BCUT2D eigenvalue weighted by molar-refractivity contribution is 0.732. The van der Waals surface area contributed by atoms with Gasteiger partial charge in [-0.15, -0.1) is 11.8 Å². The van der Waals surface area contributed by atoms with Crippen molar-refractivity contribution in [3.8, 4) is 22.4 Å². The molecule has 0 saturated carbocycles. The molecule has 0 radical (unpaired) electrons. The van der Waals surface area contributed by atoms with Crippen molar-refractivity contribution in [2.75, 3.05) is 18.0 Å². The molecule has 0 aliphatic carbocycles. The first kappa shape index (κ1) is 18.5. The van der Waals surface area contributed by atoms with Crippen molar-refractivity contribution in [2.45, 2.75) is 5.37 Å². The van der Waals surface area contributed by atoms with Crippen molar-refractivity contribution in [1.82, 2.24) is 25.3 Å². The van der Waals surface area contributed by atoms with Gasteiger partial charge in [-0.2, -0.15) is 0 Å². The molecule has 1 atom stereocenters. The van der Waals surface area contributed by atoms with Crippen molar-refractivity contribution < 1.29 is 0 Å². The summed E-state index contributed by atoms with van der Waals surface area (Å²) in [5, 5.41) is 4.47. The van der Waals surface area contributed by atoms with Gasteiger partial charge in [0.25, 0.3) is 0 Å². The van der Waals surface area contributed by atoms with Crippen molar-refractivity contribution in [3.05, 3.63) is 65.2 Å². The molecule has 0 spiro atoms. The van der Waals surface area contributed by atoms with E-state index in [2.05, 4.69) is 54.4 Å². The maximum Gasteiger partial charge on any atom is 0.165 e. The summed E-state index contributed by atoms with van der Waals surface area (Å²) in [6.07, 6.45) is 3.32. The zero-order chi connectivity index (χ0) is 19.8. The first-order chi connectivity index (χ1) is 14.2. The molecule has 0 bridgehead atoms. The van der Waals surface area contributed by atoms with Crippen LogP contribution in [-0.2, 0) is 0 Å². The molecule has 1 aliphatic rings. The molecule has 5 rings (SSSR count). The fraction of sp³-hybridized carbons (Fsp3) is 0.143. The number of hydrogen-bond donors (Lipinski definition) is 2. The SMILES string of the molecule is Nc1ncnc2nc(-c3ccc(C4NCCS4)nc3)cc(-c3cccc(Br)c3)c12. The molecule has 6 nitrogen and oxygen atoms in total. The first-order valence-electron chi connectivity index (χ1n) is 9.17. The van der Waals surface area contributed by atoms with Crippen LogP contribution in [-0.4, -0.2) is 32.2 Å². The van der Waals surface area contributed by atoms with E-state index in [1.165, 1.54) is 6.33 Å². The van der Waals surface area contributed by atoms with Crippen LogP contribution in [0.25, 0.3) is 33.4 Å². The predicted octanol–water partition coefficient (Wildman–Crippen LogP) is 4.43. The Labute approximate surface area is 180 Å². The van der Waals surface area contributed by atoms with Crippen molar-refractivity contribution in [1.29, 1.82) is 0 Å². The van der Waals surface area contributed by atoms with E-state index in [-0.39, 0.29) is 5.37 Å². The highest BCUT2D eigenvalue weighted by molar-refractivity contribution is 9.10. The minimum atomic E-state index is 0.262. The van der Waals surface area contributed by atoms with Crippen LogP contribution in [0.4, 0.5) is 5.82 Å². The number of nitrogens with one attached hydrogen (secondary N) is 1. The number of benzene rings is 1. The van der Waals surface area contributed by atoms with Gasteiger partial charge in [0.15, 0.2) is 5.65 Å². The van der Waals surface area contributed by atoms with E-state index in [9.17, 15) is 0 Å². The van der Waals surface area contributed by atoms with Gasteiger partial charge in [0.2, 0.25) is 0 Å². The Morgan fingerprint density at radius 2 is 2.00 bits per heavy atom. The largest absolute Gasteiger partial charge is 0.383 e. The van der Waals surface area contributed by atoms with Gasteiger partial charge in [0.05, 0.1) is 22.1 Å². The summed E-state index contributed by atoms with van der Waals surface area (Å²) in [7, 11) is 0. The Morgan fingerprint density at radius 3 is 2.76 bits per heavy atom. The van der Waals surface area contributed by atoms with Gasteiger partial charge in [-0.1, -0.05) is 28.1 Å². The van der Waals surface area contributed by atoms with Crippen LogP contribution in [0.5, 0.6) is 0 Å². The molecular formula is C21H17BrN6S. The highest BCUT2D eigenvalue weighted by atomic mass is 79.9. The smallest absolute Gasteiger partial charge is 0.165 e. The molecule has 3 N–H and O–H groups in total. The van der Waals surface area contributed by atoms with Crippen molar-refractivity contribution in [2.24, 2.45) is 0 Å². The normalized spacial score (nSPS) is 16.4. The lowest BCUT2D eigenvalue weighted by Gasteiger charge is -2.12. The predicted molar refractivity (Wildman–Crippen MR) is 121 cm³/mol. The third-order valence-corrected chi connectivity index (χ3v) is 6.51. The molecule has 4 heterocycles. The summed E-state index contributed by atoms with van der Waals surface area (Å²) in [6.45, 7) is 1.02. The fourth-order valence-electron chi connectivity index (χ4n) is 3.45. The number of pyridine rings is 2. The Morgan fingerprint density at radius 1 is 1.07 bits per heavy atom. The van der Waals surface area contributed by atoms with Gasteiger partial charge >= 0.3 is 0 Å². The highest BCUT2D eigenvalue weighted by Crippen LogP contribution is 2.35.